The second kappa shape index (κ2) is 11.6. The summed E-state index contributed by atoms with van der Waals surface area (Å²) in [7, 11) is 6.06. The number of furan rings is 1. The predicted molar refractivity (Wildman–Crippen MR) is 121 cm³/mol. The van der Waals surface area contributed by atoms with Gasteiger partial charge in [-0.1, -0.05) is 12.8 Å². The molecule has 2 aromatic rings. The number of nitrogens with one attached hydrogen (secondary N) is 1. The molecule has 9 nitrogen and oxygen atoms in total. The zero-order chi connectivity index (χ0) is 23.8. The van der Waals surface area contributed by atoms with Crippen LogP contribution in [0, 0.1) is 0 Å². The van der Waals surface area contributed by atoms with Crippen molar-refractivity contribution in [3.05, 3.63) is 41.9 Å². The number of carbonyl (C=O) groups is 2. The topological polar surface area (TPSA) is 99.5 Å². The van der Waals surface area contributed by atoms with Gasteiger partial charge >= 0.3 is 0 Å². The molecule has 0 spiro atoms. The molecule has 2 amide bonds. The van der Waals surface area contributed by atoms with Crippen molar-refractivity contribution in [2.75, 3.05) is 41.6 Å². The molecule has 0 aliphatic heterocycles. The first-order valence-corrected chi connectivity index (χ1v) is 11.0. The lowest BCUT2D eigenvalue weighted by Crippen LogP contribution is -2.47. The molecule has 1 fully saturated rings. The monoisotopic (exact) mass is 460 g/mol. The van der Waals surface area contributed by atoms with Crippen LogP contribution in [0.5, 0.6) is 17.2 Å². The standard InChI is InChI=1S/C24H32N2O7/c1-29-13-11-26(24(28)18-10-7-12-33-18)21(23(27)25-17-8-5-6-9-17)16-14-19(30-2)22(32-4)20(15-16)31-3/h7,10,12,14-15,17,21H,5-6,8-9,11,13H2,1-4H3,(H,25,27)/t21-/m0/s1. The van der Waals surface area contributed by atoms with Crippen LogP contribution in [0.25, 0.3) is 0 Å². The lowest BCUT2D eigenvalue weighted by molar-refractivity contribution is -0.126. The minimum absolute atomic E-state index is 0.0741. The maximum Gasteiger partial charge on any atom is 0.290 e. The number of benzene rings is 1. The van der Waals surface area contributed by atoms with Crippen LogP contribution in [0.3, 0.4) is 0 Å². The minimum Gasteiger partial charge on any atom is -0.493 e. The van der Waals surface area contributed by atoms with E-state index in [1.165, 1.54) is 32.5 Å². The summed E-state index contributed by atoms with van der Waals surface area (Å²) < 4.78 is 27.0. The fourth-order valence-corrected chi connectivity index (χ4v) is 4.16. The molecule has 9 heteroatoms. The van der Waals surface area contributed by atoms with E-state index in [4.69, 9.17) is 23.4 Å². The van der Waals surface area contributed by atoms with Crippen LogP contribution in [0.15, 0.2) is 34.9 Å². The van der Waals surface area contributed by atoms with Gasteiger partial charge in [-0.2, -0.15) is 0 Å². The molecule has 1 aromatic carbocycles. The SMILES string of the molecule is COCCN(C(=O)c1ccco1)[C@H](C(=O)NC1CCCC1)c1cc(OC)c(OC)c(OC)c1. The van der Waals surface area contributed by atoms with Gasteiger partial charge in [0.05, 0.1) is 34.2 Å². The number of hydrogen-bond acceptors (Lipinski definition) is 7. The van der Waals surface area contributed by atoms with Crippen LogP contribution in [0.1, 0.15) is 47.8 Å². The average molecular weight is 461 g/mol. The quantitative estimate of drug-likeness (QED) is 0.550. The van der Waals surface area contributed by atoms with Crippen molar-refractivity contribution in [1.29, 1.82) is 0 Å². The van der Waals surface area contributed by atoms with Crippen molar-refractivity contribution < 1.29 is 33.0 Å². The summed E-state index contributed by atoms with van der Waals surface area (Å²) >= 11 is 0. The Morgan fingerprint density at radius 2 is 1.76 bits per heavy atom. The zero-order valence-corrected chi connectivity index (χ0v) is 19.6. The fraction of sp³-hybridized carbons (Fsp3) is 0.500. The van der Waals surface area contributed by atoms with Crippen molar-refractivity contribution in [1.82, 2.24) is 10.2 Å². The molecule has 0 saturated heterocycles. The highest BCUT2D eigenvalue weighted by molar-refractivity contribution is 5.96. The summed E-state index contributed by atoms with van der Waals surface area (Å²) in [6.45, 7) is 0.416. The van der Waals surface area contributed by atoms with E-state index in [2.05, 4.69) is 5.32 Å². The van der Waals surface area contributed by atoms with E-state index < -0.39 is 11.9 Å². The van der Waals surface area contributed by atoms with Gasteiger partial charge in [0.2, 0.25) is 11.7 Å². The number of rotatable bonds is 11. The Morgan fingerprint density at radius 1 is 1.09 bits per heavy atom. The van der Waals surface area contributed by atoms with Crippen LogP contribution in [-0.4, -0.2) is 64.3 Å². The van der Waals surface area contributed by atoms with Gasteiger partial charge in [-0.05, 0) is 42.7 Å². The maximum atomic E-state index is 13.6. The molecule has 1 aromatic heterocycles. The normalized spacial score (nSPS) is 14.5. The van der Waals surface area contributed by atoms with Gasteiger partial charge in [0.25, 0.3) is 5.91 Å². The van der Waals surface area contributed by atoms with Crippen LogP contribution in [0.2, 0.25) is 0 Å². The summed E-state index contributed by atoms with van der Waals surface area (Å²) in [5.74, 6) is 0.617. The van der Waals surface area contributed by atoms with Gasteiger partial charge in [-0.3, -0.25) is 9.59 Å². The maximum absolute atomic E-state index is 13.6. The van der Waals surface area contributed by atoms with Crippen molar-refractivity contribution in [3.8, 4) is 17.2 Å². The predicted octanol–water partition coefficient (Wildman–Crippen LogP) is 3.19. The summed E-state index contributed by atoms with van der Waals surface area (Å²) in [5, 5.41) is 3.12. The molecule has 180 valence electrons. The molecule has 1 aliphatic rings. The molecule has 1 saturated carbocycles. The second-order valence-electron chi connectivity index (χ2n) is 7.82. The molecule has 0 radical (unpaired) electrons. The second-order valence-corrected chi connectivity index (χ2v) is 7.82. The Morgan fingerprint density at radius 3 is 2.27 bits per heavy atom. The minimum atomic E-state index is -0.966. The number of amides is 2. The van der Waals surface area contributed by atoms with Crippen molar-refractivity contribution in [3.63, 3.8) is 0 Å². The molecule has 1 aliphatic carbocycles. The van der Waals surface area contributed by atoms with Gasteiger partial charge in [0.1, 0.15) is 6.04 Å². The van der Waals surface area contributed by atoms with Gasteiger partial charge in [-0.25, -0.2) is 0 Å². The van der Waals surface area contributed by atoms with Crippen LogP contribution in [0.4, 0.5) is 0 Å². The third-order valence-corrected chi connectivity index (χ3v) is 5.79. The van der Waals surface area contributed by atoms with Gasteiger partial charge < -0.3 is 33.6 Å². The van der Waals surface area contributed by atoms with E-state index in [0.717, 1.165) is 25.7 Å². The van der Waals surface area contributed by atoms with E-state index in [0.29, 0.717) is 22.8 Å². The van der Waals surface area contributed by atoms with Gasteiger partial charge in [0.15, 0.2) is 17.3 Å². The molecule has 1 heterocycles. The van der Waals surface area contributed by atoms with E-state index in [1.807, 2.05) is 0 Å². The number of nitrogens with zero attached hydrogens (tertiary/aromatic N) is 1. The number of ether oxygens (including phenoxy) is 4. The number of hydrogen-bond donors (Lipinski definition) is 1. The van der Waals surface area contributed by atoms with Crippen LogP contribution < -0.4 is 19.5 Å². The first-order chi connectivity index (χ1) is 16.0. The highest BCUT2D eigenvalue weighted by Gasteiger charge is 2.35. The lowest BCUT2D eigenvalue weighted by atomic mass is 10.0. The third kappa shape index (κ3) is 5.60. The van der Waals surface area contributed by atoms with Gasteiger partial charge in [0, 0.05) is 19.7 Å². The number of methoxy groups -OCH3 is 4. The molecule has 33 heavy (non-hydrogen) atoms. The Labute approximate surface area is 193 Å². The van der Waals surface area contributed by atoms with Crippen molar-refractivity contribution >= 4 is 11.8 Å². The Kier molecular flexibility index (Phi) is 8.59. The third-order valence-electron chi connectivity index (χ3n) is 5.79. The first-order valence-electron chi connectivity index (χ1n) is 11.0. The Bertz CT molecular complexity index is 898. The van der Waals surface area contributed by atoms with Crippen molar-refractivity contribution in [2.24, 2.45) is 0 Å². The highest BCUT2D eigenvalue weighted by Crippen LogP contribution is 2.41. The molecule has 0 bridgehead atoms. The fourth-order valence-electron chi connectivity index (χ4n) is 4.16. The average Bonchev–Trinajstić information content (AvgIpc) is 3.54. The van der Waals surface area contributed by atoms with E-state index in [-0.39, 0.29) is 30.9 Å². The molecule has 1 N–H and O–H groups in total. The van der Waals surface area contributed by atoms with E-state index >= 15 is 0 Å². The van der Waals surface area contributed by atoms with E-state index in [1.54, 1.807) is 31.4 Å². The van der Waals surface area contributed by atoms with Gasteiger partial charge in [-0.15, -0.1) is 0 Å². The molecule has 1 atom stereocenters. The first kappa shape index (κ1) is 24.4. The summed E-state index contributed by atoms with van der Waals surface area (Å²) in [5.41, 5.74) is 0.524. The lowest BCUT2D eigenvalue weighted by Gasteiger charge is -2.32. The zero-order valence-electron chi connectivity index (χ0n) is 19.6. The van der Waals surface area contributed by atoms with E-state index in [9.17, 15) is 9.59 Å². The summed E-state index contributed by atoms with van der Waals surface area (Å²) in [6, 6.07) is 5.69. The van der Waals surface area contributed by atoms with Crippen LogP contribution in [-0.2, 0) is 9.53 Å². The van der Waals surface area contributed by atoms with Crippen molar-refractivity contribution in [2.45, 2.75) is 37.8 Å². The molecule has 3 rings (SSSR count). The highest BCUT2D eigenvalue weighted by atomic mass is 16.5. The summed E-state index contributed by atoms with van der Waals surface area (Å²) in [4.78, 5) is 28.5. The molecular formula is C24H32N2O7. The number of carbonyl (C=O) groups excluding carboxylic acids is 2. The molecule has 0 unspecified atom stereocenters. The molecular weight excluding hydrogens is 428 g/mol. The Balaban J connectivity index is 2.09. The largest absolute Gasteiger partial charge is 0.493 e. The Hall–Kier alpha value is -3.20. The smallest absolute Gasteiger partial charge is 0.290 e. The summed E-state index contributed by atoms with van der Waals surface area (Å²) in [6.07, 6.45) is 5.39. The van der Waals surface area contributed by atoms with Crippen LogP contribution >= 0.6 is 0 Å².